The van der Waals surface area contributed by atoms with Crippen molar-refractivity contribution in [3.63, 3.8) is 0 Å². The quantitative estimate of drug-likeness (QED) is 0.865. The van der Waals surface area contributed by atoms with Gasteiger partial charge >= 0.3 is 0 Å². The predicted molar refractivity (Wildman–Crippen MR) is 86.6 cm³/mol. The molecule has 0 spiro atoms. The van der Waals surface area contributed by atoms with Crippen LogP contribution in [0.2, 0.25) is 5.02 Å². The molecule has 0 heterocycles. The third kappa shape index (κ3) is 2.88. The van der Waals surface area contributed by atoms with E-state index in [0.717, 1.165) is 16.9 Å². The number of aryl methyl sites for hydroxylation is 1. The van der Waals surface area contributed by atoms with Gasteiger partial charge in [0.15, 0.2) is 0 Å². The molecule has 0 atom stereocenters. The number of thiocarbonyl (C=S) groups is 1. The van der Waals surface area contributed by atoms with Gasteiger partial charge in [-0.15, -0.1) is 0 Å². The minimum Gasteiger partial charge on any atom is -0.389 e. The summed E-state index contributed by atoms with van der Waals surface area (Å²) in [6.07, 6.45) is 0. The van der Waals surface area contributed by atoms with Crippen LogP contribution in [0.3, 0.4) is 0 Å². The minimum atomic E-state index is 0.345. The van der Waals surface area contributed by atoms with E-state index in [-0.39, 0.29) is 0 Å². The molecule has 2 aromatic rings. The van der Waals surface area contributed by atoms with Crippen LogP contribution in [0.1, 0.15) is 11.1 Å². The molecule has 0 unspecified atom stereocenters. The topological polar surface area (TPSA) is 29.3 Å². The number of para-hydroxylation sites is 1. The first-order valence-corrected chi connectivity index (χ1v) is 6.68. The maximum Gasteiger partial charge on any atom is 0.106 e. The third-order valence-corrected chi connectivity index (χ3v) is 3.52. The number of halogens is 1. The van der Waals surface area contributed by atoms with Crippen molar-refractivity contribution in [1.82, 2.24) is 0 Å². The minimum absolute atomic E-state index is 0.345. The summed E-state index contributed by atoms with van der Waals surface area (Å²) >= 11 is 11.1. The fourth-order valence-electron chi connectivity index (χ4n) is 2.07. The van der Waals surface area contributed by atoms with Crippen molar-refractivity contribution in [1.29, 1.82) is 0 Å². The van der Waals surface area contributed by atoms with Crippen LogP contribution in [0.4, 0.5) is 11.4 Å². The first kappa shape index (κ1) is 13.8. The van der Waals surface area contributed by atoms with E-state index in [1.165, 1.54) is 5.56 Å². The van der Waals surface area contributed by atoms with Gasteiger partial charge in [0, 0.05) is 23.3 Å². The monoisotopic (exact) mass is 290 g/mol. The van der Waals surface area contributed by atoms with E-state index in [1.807, 2.05) is 31.3 Å². The maximum atomic E-state index is 6.01. The number of hydrogen-bond donors (Lipinski definition) is 1. The van der Waals surface area contributed by atoms with Gasteiger partial charge in [0.05, 0.1) is 5.69 Å². The van der Waals surface area contributed by atoms with Crippen molar-refractivity contribution in [3.8, 4) is 0 Å². The van der Waals surface area contributed by atoms with Crippen LogP contribution in [-0.2, 0) is 0 Å². The summed E-state index contributed by atoms with van der Waals surface area (Å²) < 4.78 is 0. The summed E-state index contributed by atoms with van der Waals surface area (Å²) in [6.45, 7) is 2.07. The van der Waals surface area contributed by atoms with Crippen molar-refractivity contribution in [3.05, 3.63) is 58.6 Å². The molecule has 0 aromatic heterocycles. The van der Waals surface area contributed by atoms with E-state index in [2.05, 4.69) is 24.0 Å². The molecule has 0 amide bonds. The molecule has 0 aliphatic rings. The Morgan fingerprint density at radius 3 is 2.47 bits per heavy atom. The Bertz CT molecular complexity index is 625. The van der Waals surface area contributed by atoms with E-state index in [0.29, 0.717) is 10.0 Å². The summed E-state index contributed by atoms with van der Waals surface area (Å²) in [6, 6.07) is 13.7. The van der Waals surface area contributed by atoms with Gasteiger partial charge in [-0.3, -0.25) is 0 Å². The average Bonchev–Trinajstić information content (AvgIpc) is 2.38. The lowest BCUT2D eigenvalue weighted by atomic mass is 10.1. The van der Waals surface area contributed by atoms with Crippen molar-refractivity contribution in [2.24, 2.45) is 5.73 Å². The fraction of sp³-hybridized carbons (Fsp3) is 0.133. The van der Waals surface area contributed by atoms with Crippen LogP contribution < -0.4 is 10.6 Å². The van der Waals surface area contributed by atoms with E-state index in [9.17, 15) is 0 Å². The molecule has 2 aromatic carbocycles. The van der Waals surface area contributed by atoms with E-state index in [4.69, 9.17) is 29.6 Å². The van der Waals surface area contributed by atoms with Crippen molar-refractivity contribution >= 4 is 40.2 Å². The smallest absolute Gasteiger partial charge is 0.106 e. The third-order valence-electron chi connectivity index (χ3n) is 3.06. The predicted octanol–water partition coefficient (Wildman–Crippen LogP) is 4.05. The standard InChI is InChI=1S/C15H15ClN2S/c1-10-5-3-4-6-13(10)18(2)14-8-7-11(16)9-12(14)15(17)19/h3-9H,1-2H3,(H2,17,19). The van der Waals surface area contributed by atoms with E-state index >= 15 is 0 Å². The number of benzene rings is 2. The molecular weight excluding hydrogens is 276 g/mol. The first-order valence-electron chi connectivity index (χ1n) is 5.89. The summed E-state index contributed by atoms with van der Waals surface area (Å²) in [5.74, 6) is 0. The molecule has 0 aliphatic heterocycles. The largest absolute Gasteiger partial charge is 0.389 e. The number of anilines is 2. The Morgan fingerprint density at radius 2 is 1.84 bits per heavy atom. The molecule has 0 saturated carbocycles. The molecule has 2 N–H and O–H groups in total. The zero-order valence-electron chi connectivity index (χ0n) is 10.9. The Kier molecular flexibility index (Phi) is 4.08. The summed E-state index contributed by atoms with van der Waals surface area (Å²) in [7, 11) is 1.99. The summed E-state index contributed by atoms with van der Waals surface area (Å²) in [4.78, 5) is 2.41. The number of rotatable bonds is 3. The van der Waals surface area contributed by atoms with Gasteiger partial charge in [0.25, 0.3) is 0 Å². The second-order valence-corrected chi connectivity index (χ2v) is 5.25. The van der Waals surface area contributed by atoms with Crippen LogP contribution in [0.5, 0.6) is 0 Å². The highest BCUT2D eigenvalue weighted by Gasteiger charge is 2.13. The van der Waals surface area contributed by atoms with Gasteiger partial charge in [-0.05, 0) is 36.8 Å². The van der Waals surface area contributed by atoms with Crippen LogP contribution in [0.25, 0.3) is 0 Å². The molecule has 2 rings (SSSR count). The Labute approximate surface area is 123 Å². The first-order chi connectivity index (χ1) is 9.00. The second kappa shape index (κ2) is 5.59. The van der Waals surface area contributed by atoms with Crippen LogP contribution >= 0.6 is 23.8 Å². The zero-order valence-corrected chi connectivity index (χ0v) is 12.4. The highest BCUT2D eigenvalue weighted by molar-refractivity contribution is 7.80. The molecule has 98 valence electrons. The van der Waals surface area contributed by atoms with Crippen LogP contribution in [0, 0.1) is 6.92 Å². The van der Waals surface area contributed by atoms with Crippen molar-refractivity contribution in [2.45, 2.75) is 6.92 Å². The number of nitrogens with zero attached hydrogens (tertiary/aromatic N) is 1. The number of hydrogen-bond acceptors (Lipinski definition) is 2. The van der Waals surface area contributed by atoms with Gasteiger partial charge in [-0.25, -0.2) is 0 Å². The lowest BCUT2D eigenvalue weighted by Gasteiger charge is -2.24. The van der Waals surface area contributed by atoms with Crippen molar-refractivity contribution in [2.75, 3.05) is 11.9 Å². The summed E-state index contributed by atoms with van der Waals surface area (Å²) in [5, 5.41) is 0.629. The maximum absolute atomic E-state index is 6.01. The zero-order chi connectivity index (χ0) is 14.0. The highest BCUT2D eigenvalue weighted by Crippen LogP contribution is 2.30. The summed E-state index contributed by atoms with van der Waals surface area (Å²) in [5.41, 5.74) is 9.82. The van der Waals surface area contributed by atoms with E-state index < -0.39 is 0 Å². The molecule has 0 aliphatic carbocycles. The molecule has 0 fully saturated rings. The molecule has 19 heavy (non-hydrogen) atoms. The van der Waals surface area contributed by atoms with Gasteiger partial charge in [0.2, 0.25) is 0 Å². The Morgan fingerprint density at radius 1 is 1.16 bits per heavy atom. The average molecular weight is 291 g/mol. The van der Waals surface area contributed by atoms with Crippen LogP contribution in [0.15, 0.2) is 42.5 Å². The second-order valence-electron chi connectivity index (χ2n) is 4.37. The van der Waals surface area contributed by atoms with Gasteiger partial charge in [-0.2, -0.15) is 0 Å². The lowest BCUT2D eigenvalue weighted by Crippen LogP contribution is -2.18. The van der Waals surface area contributed by atoms with Crippen LogP contribution in [-0.4, -0.2) is 12.0 Å². The molecule has 0 saturated heterocycles. The van der Waals surface area contributed by atoms with Gasteiger partial charge < -0.3 is 10.6 Å². The SMILES string of the molecule is Cc1ccccc1N(C)c1ccc(Cl)cc1C(N)=S. The normalized spacial score (nSPS) is 10.3. The Balaban J connectivity index is 2.53. The molecule has 0 bridgehead atoms. The lowest BCUT2D eigenvalue weighted by molar-refractivity contribution is 1.18. The number of nitrogens with two attached hydrogens (primary N) is 1. The highest BCUT2D eigenvalue weighted by atomic mass is 35.5. The van der Waals surface area contributed by atoms with E-state index in [1.54, 1.807) is 6.07 Å². The molecule has 2 nitrogen and oxygen atoms in total. The Hall–Kier alpha value is -1.58. The molecule has 4 heteroatoms. The van der Waals surface area contributed by atoms with Crippen molar-refractivity contribution < 1.29 is 0 Å². The molecular formula is C15H15ClN2S. The van der Waals surface area contributed by atoms with Gasteiger partial charge in [0.1, 0.15) is 4.99 Å². The fourth-order valence-corrected chi connectivity index (χ4v) is 2.40. The molecule has 0 radical (unpaired) electrons. The van der Waals surface area contributed by atoms with Gasteiger partial charge in [-0.1, -0.05) is 42.0 Å².